The van der Waals surface area contributed by atoms with Crippen LogP contribution in [-0.2, 0) is 6.42 Å². The molecule has 3 aromatic carbocycles. The molecule has 0 bridgehead atoms. The number of fused-ring (bicyclic) bond motifs is 4. The van der Waals surface area contributed by atoms with Gasteiger partial charge in [0.05, 0.1) is 17.2 Å². The van der Waals surface area contributed by atoms with Gasteiger partial charge >= 0.3 is 0 Å². The van der Waals surface area contributed by atoms with Crippen LogP contribution in [0, 0.1) is 6.92 Å². The Labute approximate surface area is 197 Å². The third kappa shape index (κ3) is 3.55. The summed E-state index contributed by atoms with van der Waals surface area (Å²) in [5.41, 5.74) is 6.74. The summed E-state index contributed by atoms with van der Waals surface area (Å²) < 4.78 is 2.19. The van der Waals surface area contributed by atoms with Crippen LogP contribution in [0.5, 0.6) is 0 Å². The van der Waals surface area contributed by atoms with Gasteiger partial charge in [0.25, 0.3) is 0 Å². The second-order valence-corrected chi connectivity index (χ2v) is 8.83. The van der Waals surface area contributed by atoms with Gasteiger partial charge in [-0.1, -0.05) is 35.9 Å². The average molecular weight is 452 g/mol. The van der Waals surface area contributed by atoms with Crippen LogP contribution < -0.4 is 5.32 Å². The van der Waals surface area contributed by atoms with E-state index < -0.39 is 0 Å². The summed E-state index contributed by atoms with van der Waals surface area (Å²) in [5.74, 6) is 1.90. The Bertz CT molecular complexity index is 1470. The quantitative estimate of drug-likeness (QED) is 0.338. The van der Waals surface area contributed by atoms with Crippen molar-refractivity contribution in [2.24, 2.45) is 0 Å². The monoisotopic (exact) mass is 451 g/mol. The van der Waals surface area contributed by atoms with Crippen molar-refractivity contribution in [3.8, 4) is 16.8 Å². The predicted molar refractivity (Wildman–Crippen MR) is 133 cm³/mol. The molecule has 5 aromatic rings. The molecule has 1 aliphatic rings. The highest BCUT2D eigenvalue weighted by atomic mass is 35.5. The number of halogens is 1. The highest BCUT2D eigenvalue weighted by Crippen LogP contribution is 2.37. The molecule has 6 heteroatoms. The number of hydrogen-bond donors (Lipinski definition) is 1. The Morgan fingerprint density at radius 3 is 2.70 bits per heavy atom. The van der Waals surface area contributed by atoms with Gasteiger partial charge in [-0.3, -0.25) is 9.55 Å². The number of benzene rings is 3. The second kappa shape index (κ2) is 8.01. The lowest BCUT2D eigenvalue weighted by Crippen LogP contribution is -2.12. The molecule has 5 nitrogen and oxygen atoms in total. The molecule has 0 radical (unpaired) electrons. The van der Waals surface area contributed by atoms with Gasteiger partial charge in [0.2, 0.25) is 0 Å². The molecule has 1 atom stereocenters. The van der Waals surface area contributed by atoms with E-state index >= 15 is 0 Å². The zero-order chi connectivity index (χ0) is 22.4. The summed E-state index contributed by atoms with van der Waals surface area (Å²) >= 11 is 6.11. The van der Waals surface area contributed by atoms with Gasteiger partial charge in [0.15, 0.2) is 0 Å². The Hall–Kier alpha value is -3.70. The summed E-state index contributed by atoms with van der Waals surface area (Å²) in [6, 6.07) is 25.1. The van der Waals surface area contributed by atoms with Crippen molar-refractivity contribution in [2.75, 3.05) is 5.32 Å². The van der Waals surface area contributed by atoms with Crippen molar-refractivity contribution < 1.29 is 0 Å². The molecule has 33 heavy (non-hydrogen) atoms. The molecule has 1 aliphatic heterocycles. The van der Waals surface area contributed by atoms with Gasteiger partial charge in [-0.15, -0.1) is 10.2 Å². The number of aryl methyl sites for hydroxylation is 2. The maximum Gasteiger partial charge on any atom is 0.137 e. The molecular formula is C27H22ClN5. The number of anilines is 1. The molecule has 162 valence electrons. The first-order chi connectivity index (χ1) is 16.2. The van der Waals surface area contributed by atoms with E-state index in [2.05, 4.69) is 67.5 Å². The minimum absolute atomic E-state index is 0.121. The Morgan fingerprint density at radius 2 is 1.82 bits per heavy atom. The third-order valence-corrected chi connectivity index (χ3v) is 6.59. The number of nitrogens with zero attached hydrogens (tertiary/aromatic N) is 4. The van der Waals surface area contributed by atoms with Crippen LogP contribution in [0.4, 0.5) is 5.69 Å². The number of para-hydroxylation sites is 1. The SMILES string of the molecule is Cc1nnc2n1-c1ccc(-c3ccnc4ccccc34)cc1C(Nc1ccc(Cl)cc1)CC2. The molecule has 0 amide bonds. The second-order valence-electron chi connectivity index (χ2n) is 8.39. The summed E-state index contributed by atoms with van der Waals surface area (Å²) in [6.45, 7) is 2.01. The van der Waals surface area contributed by atoms with Crippen LogP contribution in [0.15, 0.2) is 79.0 Å². The Balaban J connectivity index is 1.52. The minimum atomic E-state index is 0.121. The molecule has 0 fully saturated rings. The summed E-state index contributed by atoms with van der Waals surface area (Å²) in [6.07, 6.45) is 3.64. The number of aromatic nitrogens is 4. The van der Waals surface area contributed by atoms with Gasteiger partial charge < -0.3 is 5.32 Å². The van der Waals surface area contributed by atoms with E-state index in [-0.39, 0.29) is 6.04 Å². The van der Waals surface area contributed by atoms with Crippen molar-refractivity contribution in [2.45, 2.75) is 25.8 Å². The van der Waals surface area contributed by atoms with E-state index in [1.807, 2.05) is 43.5 Å². The molecule has 6 rings (SSSR count). The average Bonchev–Trinajstić information content (AvgIpc) is 3.14. The molecule has 1 N–H and O–H groups in total. The molecule has 0 saturated heterocycles. The van der Waals surface area contributed by atoms with Crippen molar-refractivity contribution in [3.05, 3.63) is 101 Å². The highest BCUT2D eigenvalue weighted by molar-refractivity contribution is 6.30. The van der Waals surface area contributed by atoms with Crippen molar-refractivity contribution in [3.63, 3.8) is 0 Å². The number of nitrogens with one attached hydrogen (secondary N) is 1. The largest absolute Gasteiger partial charge is 0.378 e. The fourth-order valence-electron chi connectivity index (χ4n) is 4.76. The smallest absolute Gasteiger partial charge is 0.137 e. The molecular weight excluding hydrogens is 430 g/mol. The van der Waals surface area contributed by atoms with Crippen LogP contribution in [0.25, 0.3) is 27.7 Å². The third-order valence-electron chi connectivity index (χ3n) is 6.34. The number of pyridine rings is 1. The first-order valence-electron chi connectivity index (χ1n) is 11.1. The van der Waals surface area contributed by atoms with Gasteiger partial charge in [-0.2, -0.15) is 0 Å². The Kier molecular flexibility index (Phi) is 4.84. The fourth-order valence-corrected chi connectivity index (χ4v) is 4.89. The lowest BCUT2D eigenvalue weighted by Gasteiger charge is -2.22. The molecule has 3 heterocycles. The van der Waals surface area contributed by atoms with Crippen LogP contribution in [0.1, 0.15) is 29.7 Å². The van der Waals surface area contributed by atoms with Crippen LogP contribution in [-0.4, -0.2) is 19.7 Å². The van der Waals surface area contributed by atoms with E-state index in [1.54, 1.807) is 0 Å². The van der Waals surface area contributed by atoms with E-state index in [9.17, 15) is 0 Å². The normalized spacial score (nSPS) is 15.0. The maximum atomic E-state index is 6.11. The summed E-state index contributed by atoms with van der Waals surface area (Å²) in [4.78, 5) is 4.54. The van der Waals surface area contributed by atoms with Crippen LogP contribution in [0.3, 0.4) is 0 Å². The van der Waals surface area contributed by atoms with Gasteiger partial charge in [0.1, 0.15) is 11.6 Å². The van der Waals surface area contributed by atoms with E-state index in [0.717, 1.165) is 51.8 Å². The first-order valence-corrected chi connectivity index (χ1v) is 11.5. The maximum absolute atomic E-state index is 6.11. The predicted octanol–water partition coefficient (Wildman–Crippen LogP) is 6.54. The van der Waals surface area contributed by atoms with E-state index in [4.69, 9.17) is 11.6 Å². The lowest BCUT2D eigenvalue weighted by molar-refractivity contribution is 0.686. The van der Waals surface area contributed by atoms with Gasteiger partial charge in [-0.25, -0.2) is 0 Å². The molecule has 0 spiro atoms. The number of rotatable bonds is 3. The zero-order valence-electron chi connectivity index (χ0n) is 18.2. The van der Waals surface area contributed by atoms with E-state index in [0.29, 0.717) is 0 Å². The van der Waals surface area contributed by atoms with Gasteiger partial charge in [0, 0.05) is 28.7 Å². The van der Waals surface area contributed by atoms with Gasteiger partial charge in [-0.05, 0) is 78.6 Å². The van der Waals surface area contributed by atoms with Crippen LogP contribution in [0.2, 0.25) is 5.02 Å². The lowest BCUT2D eigenvalue weighted by atomic mass is 9.94. The zero-order valence-corrected chi connectivity index (χ0v) is 18.9. The topological polar surface area (TPSA) is 55.6 Å². The fraction of sp³-hybridized carbons (Fsp3) is 0.148. The van der Waals surface area contributed by atoms with Crippen molar-refractivity contribution >= 4 is 28.2 Å². The number of hydrogen-bond acceptors (Lipinski definition) is 4. The summed E-state index contributed by atoms with van der Waals surface area (Å²) in [7, 11) is 0. The van der Waals surface area contributed by atoms with E-state index in [1.165, 1.54) is 16.7 Å². The van der Waals surface area contributed by atoms with Crippen molar-refractivity contribution in [1.82, 2.24) is 19.7 Å². The Morgan fingerprint density at radius 1 is 0.970 bits per heavy atom. The first kappa shape index (κ1) is 19.9. The minimum Gasteiger partial charge on any atom is -0.378 e. The molecule has 1 unspecified atom stereocenters. The molecule has 0 saturated carbocycles. The van der Waals surface area contributed by atoms with Crippen molar-refractivity contribution in [1.29, 1.82) is 0 Å². The summed E-state index contributed by atoms with van der Waals surface area (Å²) in [5, 5.41) is 14.4. The van der Waals surface area contributed by atoms with Crippen LogP contribution >= 0.6 is 11.6 Å². The molecule has 0 aliphatic carbocycles. The standard InChI is InChI=1S/C27H22ClN5/c1-17-31-32-27-13-11-25(30-20-9-7-19(28)8-10-20)23-16-18(6-12-26(23)33(17)27)21-14-15-29-24-5-3-2-4-22(21)24/h2-10,12,14-16,25,30H,11,13H2,1H3. The highest BCUT2D eigenvalue weighted by Gasteiger charge is 2.25. The molecule has 2 aromatic heterocycles.